The molecule has 0 saturated carbocycles. The number of fused-ring (bicyclic) bond motifs is 1. The Morgan fingerprint density at radius 3 is 2.48 bits per heavy atom. The van der Waals surface area contributed by atoms with Gasteiger partial charge in [-0.3, -0.25) is 4.90 Å². The lowest BCUT2D eigenvalue weighted by molar-refractivity contribution is 0.218. The van der Waals surface area contributed by atoms with Crippen molar-refractivity contribution in [2.24, 2.45) is 0 Å². The molecule has 0 atom stereocenters. The van der Waals surface area contributed by atoms with Crippen LogP contribution in [-0.2, 0) is 6.54 Å². The molecule has 0 unspecified atom stereocenters. The second kappa shape index (κ2) is 6.19. The van der Waals surface area contributed by atoms with Gasteiger partial charge in [-0.2, -0.15) is 0 Å². The maximum absolute atomic E-state index is 6.02. The molecule has 1 fully saturated rings. The zero-order valence-electron chi connectivity index (χ0n) is 13.5. The molecule has 0 radical (unpaired) electrons. The fourth-order valence-electron chi connectivity index (χ4n) is 3.19. The summed E-state index contributed by atoms with van der Waals surface area (Å²) in [7, 11) is 0. The zero-order chi connectivity index (χ0) is 15.6. The topological polar surface area (TPSA) is 28.4 Å². The molecule has 2 aromatic carbocycles. The van der Waals surface area contributed by atoms with Crippen LogP contribution in [0.5, 0.6) is 0 Å². The lowest BCUT2D eigenvalue weighted by atomic mass is 10.0. The smallest absolute Gasteiger partial charge is 0.134 e. The maximum atomic E-state index is 6.02. The lowest BCUT2D eigenvalue weighted by Gasteiger charge is -2.26. The van der Waals surface area contributed by atoms with E-state index in [1.807, 2.05) is 0 Å². The van der Waals surface area contributed by atoms with E-state index in [9.17, 15) is 0 Å². The molecule has 3 heteroatoms. The van der Waals surface area contributed by atoms with Gasteiger partial charge in [0, 0.05) is 31.6 Å². The first-order chi connectivity index (χ1) is 11.3. The molecule has 23 heavy (non-hydrogen) atoms. The molecule has 1 N–H and O–H groups in total. The van der Waals surface area contributed by atoms with Crippen LogP contribution in [0, 0.1) is 6.92 Å². The summed E-state index contributed by atoms with van der Waals surface area (Å²) in [5, 5.41) is 4.57. The van der Waals surface area contributed by atoms with Crippen molar-refractivity contribution in [3.63, 3.8) is 0 Å². The van der Waals surface area contributed by atoms with E-state index in [0.717, 1.165) is 44.1 Å². The molecule has 118 valence electrons. The first-order valence-corrected chi connectivity index (χ1v) is 8.30. The summed E-state index contributed by atoms with van der Waals surface area (Å²) < 4.78 is 6.02. The highest BCUT2D eigenvalue weighted by Gasteiger charge is 2.13. The first kappa shape index (κ1) is 14.5. The number of piperazine rings is 1. The summed E-state index contributed by atoms with van der Waals surface area (Å²) in [4.78, 5) is 2.44. The highest BCUT2D eigenvalue weighted by Crippen LogP contribution is 2.27. The highest BCUT2D eigenvalue weighted by atomic mass is 16.3. The average Bonchev–Trinajstić information content (AvgIpc) is 2.98. The van der Waals surface area contributed by atoms with E-state index >= 15 is 0 Å². The second-order valence-corrected chi connectivity index (χ2v) is 6.36. The van der Waals surface area contributed by atoms with Crippen molar-refractivity contribution in [3.05, 3.63) is 59.9 Å². The van der Waals surface area contributed by atoms with Gasteiger partial charge in [0.15, 0.2) is 0 Å². The van der Waals surface area contributed by atoms with Crippen molar-refractivity contribution in [1.29, 1.82) is 0 Å². The number of furan rings is 1. The molecular formula is C20H22N2O. The quantitative estimate of drug-likeness (QED) is 0.797. The van der Waals surface area contributed by atoms with Gasteiger partial charge in [-0.1, -0.05) is 35.9 Å². The molecule has 2 heterocycles. The normalized spacial score (nSPS) is 16.0. The molecule has 0 spiro atoms. The Morgan fingerprint density at radius 1 is 0.957 bits per heavy atom. The van der Waals surface area contributed by atoms with Gasteiger partial charge in [-0.05, 0) is 36.2 Å². The average molecular weight is 306 g/mol. The van der Waals surface area contributed by atoms with E-state index in [0.29, 0.717) is 0 Å². The van der Waals surface area contributed by atoms with Gasteiger partial charge in [-0.25, -0.2) is 0 Å². The van der Waals surface area contributed by atoms with Crippen molar-refractivity contribution in [1.82, 2.24) is 10.2 Å². The van der Waals surface area contributed by atoms with Gasteiger partial charge >= 0.3 is 0 Å². The zero-order valence-corrected chi connectivity index (χ0v) is 13.5. The molecule has 0 amide bonds. The number of aryl methyl sites for hydroxylation is 1. The second-order valence-electron chi connectivity index (χ2n) is 6.36. The molecule has 3 nitrogen and oxygen atoms in total. The van der Waals surface area contributed by atoms with Crippen LogP contribution in [0.2, 0.25) is 0 Å². The number of rotatable bonds is 3. The summed E-state index contributed by atoms with van der Waals surface area (Å²) in [6.07, 6.45) is 0. The van der Waals surface area contributed by atoms with Crippen LogP contribution in [-0.4, -0.2) is 31.1 Å². The fraction of sp³-hybridized carbons (Fsp3) is 0.300. The monoisotopic (exact) mass is 306 g/mol. The predicted molar refractivity (Wildman–Crippen MR) is 94.5 cm³/mol. The Kier molecular flexibility index (Phi) is 3.90. The third-order valence-electron chi connectivity index (χ3n) is 4.54. The van der Waals surface area contributed by atoms with Crippen molar-refractivity contribution >= 4 is 11.0 Å². The SMILES string of the molecule is Cc1ccc(-c2ccc3oc(CN4CCNCC4)cc3c2)cc1. The summed E-state index contributed by atoms with van der Waals surface area (Å²) >= 11 is 0. The van der Waals surface area contributed by atoms with Crippen molar-refractivity contribution in [3.8, 4) is 11.1 Å². The molecule has 0 aliphatic carbocycles. The molecular weight excluding hydrogens is 284 g/mol. The third kappa shape index (κ3) is 3.16. The van der Waals surface area contributed by atoms with Gasteiger partial charge in [0.05, 0.1) is 6.54 Å². The molecule has 4 rings (SSSR count). The molecule has 1 aliphatic rings. The van der Waals surface area contributed by atoms with E-state index in [-0.39, 0.29) is 0 Å². The minimum Gasteiger partial charge on any atom is -0.460 e. The summed E-state index contributed by atoms with van der Waals surface area (Å²) in [5.74, 6) is 1.06. The first-order valence-electron chi connectivity index (χ1n) is 8.30. The predicted octanol–water partition coefficient (Wildman–Crippen LogP) is 3.81. The standard InChI is InChI=1S/C20H22N2O/c1-15-2-4-16(5-3-15)17-6-7-20-18(12-17)13-19(23-20)14-22-10-8-21-9-11-22/h2-7,12-13,21H,8-11,14H2,1H3. The molecule has 1 aromatic heterocycles. The van der Waals surface area contributed by atoms with Gasteiger partial charge in [0.2, 0.25) is 0 Å². The van der Waals surface area contributed by atoms with Gasteiger partial charge < -0.3 is 9.73 Å². The van der Waals surface area contributed by atoms with Crippen LogP contribution in [0.25, 0.3) is 22.1 Å². The van der Waals surface area contributed by atoms with Crippen molar-refractivity contribution in [2.75, 3.05) is 26.2 Å². The van der Waals surface area contributed by atoms with Gasteiger partial charge in [0.25, 0.3) is 0 Å². The van der Waals surface area contributed by atoms with Crippen LogP contribution >= 0.6 is 0 Å². The number of hydrogen-bond acceptors (Lipinski definition) is 3. The Balaban J connectivity index is 1.60. The molecule has 1 saturated heterocycles. The maximum Gasteiger partial charge on any atom is 0.134 e. The number of nitrogens with zero attached hydrogens (tertiary/aromatic N) is 1. The van der Waals surface area contributed by atoms with Gasteiger partial charge in [-0.15, -0.1) is 0 Å². The Labute approximate surface area is 136 Å². The van der Waals surface area contributed by atoms with Crippen LogP contribution in [0.4, 0.5) is 0 Å². The van der Waals surface area contributed by atoms with Crippen molar-refractivity contribution < 1.29 is 4.42 Å². The number of hydrogen-bond donors (Lipinski definition) is 1. The van der Waals surface area contributed by atoms with Gasteiger partial charge in [0.1, 0.15) is 11.3 Å². The Hall–Kier alpha value is -2.10. The highest BCUT2D eigenvalue weighted by molar-refractivity contribution is 5.84. The summed E-state index contributed by atoms with van der Waals surface area (Å²) in [6, 6.07) is 17.3. The summed E-state index contributed by atoms with van der Waals surface area (Å²) in [5.41, 5.74) is 4.76. The number of nitrogens with one attached hydrogen (secondary N) is 1. The van der Waals surface area contributed by atoms with Crippen LogP contribution in [0.3, 0.4) is 0 Å². The van der Waals surface area contributed by atoms with Crippen LogP contribution in [0.1, 0.15) is 11.3 Å². The minimum atomic E-state index is 0.899. The van der Waals surface area contributed by atoms with Crippen molar-refractivity contribution in [2.45, 2.75) is 13.5 Å². The third-order valence-corrected chi connectivity index (χ3v) is 4.54. The Morgan fingerprint density at radius 2 is 1.70 bits per heavy atom. The van der Waals surface area contributed by atoms with Crippen LogP contribution < -0.4 is 5.32 Å². The minimum absolute atomic E-state index is 0.899. The summed E-state index contributed by atoms with van der Waals surface area (Å²) in [6.45, 7) is 7.33. The lowest BCUT2D eigenvalue weighted by Crippen LogP contribution is -2.42. The largest absolute Gasteiger partial charge is 0.460 e. The number of benzene rings is 2. The van der Waals surface area contributed by atoms with E-state index in [1.54, 1.807) is 0 Å². The van der Waals surface area contributed by atoms with E-state index in [2.05, 4.69) is 65.7 Å². The Bertz CT molecular complexity index is 798. The van der Waals surface area contributed by atoms with E-state index in [1.165, 1.54) is 22.1 Å². The molecule has 3 aromatic rings. The molecule has 0 bridgehead atoms. The molecule has 1 aliphatic heterocycles. The van der Waals surface area contributed by atoms with E-state index < -0.39 is 0 Å². The van der Waals surface area contributed by atoms with E-state index in [4.69, 9.17) is 4.42 Å². The fourth-order valence-corrected chi connectivity index (χ4v) is 3.19. The van der Waals surface area contributed by atoms with Crippen LogP contribution in [0.15, 0.2) is 52.9 Å².